The first kappa shape index (κ1) is 15.5. The van der Waals surface area contributed by atoms with Crippen molar-refractivity contribution in [2.24, 2.45) is 11.3 Å². The van der Waals surface area contributed by atoms with Crippen molar-refractivity contribution in [1.82, 2.24) is 0 Å². The highest BCUT2D eigenvalue weighted by Crippen LogP contribution is 2.45. The first-order chi connectivity index (χ1) is 10.1. The van der Waals surface area contributed by atoms with Crippen LogP contribution in [0.3, 0.4) is 0 Å². The second-order valence-corrected chi connectivity index (χ2v) is 6.49. The monoisotopic (exact) mass is 280 g/mol. The number of benzene rings is 1. The number of hydrogen-bond donors (Lipinski definition) is 1. The van der Waals surface area contributed by atoms with Crippen molar-refractivity contribution in [3.05, 3.63) is 29.8 Å². The number of terminal acetylenes is 1. The first-order valence-corrected chi connectivity index (χ1v) is 7.80. The van der Waals surface area contributed by atoms with Gasteiger partial charge < -0.3 is 5.32 Å². The van der Waals surface area contributed by atoms with Gasteiger partial charge in [-0.25, -0.2) is 0 Å². The summed E-state index contributed by atoms with van der Waals surface area (Å²) in [7, 11) is 0. The molecule has 0 bridgehead atoms. The maximum Gasteiger partial charge on any atom is 0.0627 e. The summed E-state index contributed by atoms with van der Waals surface area (Å²) in [6.45, 7) is 4.51. The Morgan fingerprint density at radius 1 is 1.29 bits per heavy atom. The largest absolute Gasteiger partial charge is 0.382 e. The number of nitrogens with one attached hydrogen (secondary N) is 1. The molecule has 0 unspecified atom stereocenters. The molecule has 0 spiro atoms. The fourth-order valence-corrected chi connectivity index (χ4v) is 3.35. The van der Waals surface area contributed by atoms with Crippen LogP contribution in [0, 0.1) is 35.0 Å². The summed E-state index contributed by atoms with van der Waals surface area (Å²) in [5, 5.41) is 12.7. The van der Waals surface area contributed by atoms with Crippen LogP contribution in [-0.4, -0.2) is 6.04 Å². The molecule has 2 heteroatoms. The van der Waals surface area contributed by atoms with Crippen LogP contribution < -0.4 is 5.32 Å². The van der Waals surface area contributed by atoms with Crippen LogP contribution >= 0.6 is 0 Å². The Kier molecular flexibility index (Phi) is 4.92. The van der Waals surface area contributed by atoms with E-state index in [1.165, 1.54) is 0 Å². The smallest absolute Gasteiger partial charge is 0.0627 e. The lowest BCUT2D eigenvalue weighted by Gasteiger charge is -2.42. The lowest BCUT2D eigenvalue weighted by Crippen LogP contribution is -2.36. The number of nitrogens with zero attached hydrogens (tertiary/aromatic N) is 1. The molecule has 1 fully saturated rings. The van der Waals surface area contributed by atoms with Gasteiger partial charge in [0.2, 0.25) is 0 Å². The Labute approximate surface area is 128 Å². The second kappa shape index (κ2) is 6.68. The summed E-state index contributed by atoms with van der Waals surface area (Å²) in [6, 6.07) is 10.9. The van der Waals surface area contributed by atoms with Gasteiger partial charge in [0.1, 0.15) is 0 Å². The van der Waals surface area contributed by atoms with Gasteiger partial charge in [0.15, 0.2) is 0 Å². The van der Waals surface area contributed by atoms with Crippen LogP contribution in [-0.2, 0) is 0 Å². The second-order valence-electron chi connectivity index (χ2n) is 6.49. The Morgan fingerprint density at radius 2 is 1.90 bits per heavy atom. The third-order valence-electron chi connectivity index (χ3n) is 5.06. The zero-order chi connectivity index (χ0) is 15.3. The van der Waals surface area contributed by atoms with Crippen molar-refractivity contribution in [2.45, 2.75) is 52.0 Å². The Bertz CT molecular complexity index is 534. The standard InChI is InChI=1S/C19H24N2/c1-4-16-5-7-17(8-6-16)21-18-9-11-19(12-10-18,13-14-20)15(2)3/h1,5-8,15,18,21H,9-13H2,2-3H3. The van der Waals surface area contributed by atoms with E-state index in [0.29, 0.717) is 18.4 Å². The van der Waals surface area contributed by atoms with Crippen molar-refractivity contribution in [1.29, 1.82) is 5.26 Å². The summed E-state index contributed by atoms with van der Waals surface area (Å²) in [4.78, 5) is 0. The highest BCUT2D eigenvalue weighted by Gasteiger charge is 2.37. The Morgan fingerprint density at radius 3 is 2.38 bits per heavy atom. The van der Waals surface area contributed by atoms with Gasteiger partial charge in [-0.2, -0.15) is 5.26 Å². The predicted octanol–water partition coefficient (Wildman–Crippen LogP) is 4.58. The zero-order valence-corrected chi connectivity index (χ0v) is 13.0. The summed E-state index contributed by atoms with van der Waals surface area (Å²) < 4.78 is 0. The molecule has 1 aromatic rings. The molecule has 1 aliphatic carbocycles. The number of anilines is 1. The third kappa shape index (κ3) is 3.59. The van der Waals surface area contributed by atoms with Gasteiger partial charge in [-0.1, -0.05) is 19.8 Å². The molecule has 21 heavy (non-hydrogen) atoms. The quantitative estimate of drug-likeness (QED) is 0.819. The Balaban J connectivity index is 1.94. The normalized spacial score (nSPS) is 25.1. The van der Waals surface area contributed by atoms with Crippen LogP contribution in [0.25, 0.3) is 0 Å². The molecule has 1 N–H and O–H groups in total. The van der Waals surface area contributed by atoms with Gasteiger partial charge in [0.05, 0.1) is 6.07 Å². The topological polar surface area (TPSA) is 35.8 Å². The van der Waals surface area contributed by atoms with Crippen molar-refractivity contribution < 1.29 is 0 Å². The average molecular weight is 280 g/mol. The summed E-state index contributed by atoms with van der Waals surface area (Å²) >= 11 is 0. The van der Waals surface area contributed by atoms with Gasteiger partial charge in [-0.05, 0) is 61.3 Å². The average Bonchev–Trinajstić information content (AvgIpc) is 2.50. The van der Waals surface area contributed by atoms with E-state index in [9.17, 15) is 0 Å². The van der Waals surface area contributed by atoms with Gasteiger partial charge in [0.25, 0.3) is 0 Å². The van der Waals surface area contributed by atoms with Gasteiger partial charge in [-0.15, -0.1) is 6.42 Å². The molecule has 0 aromatic heterocycles. The minimum Gasteiger partial charge on any atom is -0.382 e. The highest BCUT2D eigenvalue weighted by molar-refractivity contribution is 5.48. The molecule has 0 saturated heterocycles. The zero-order valence-electron chi connectivity index (χ0n) is 13.0. The first-order valence-electron chi connectivity index (χ1n) is 7.80. The summed E-state index contributed by atoms with van der Waals surface area (Å²) in [5.41, 5.74) is 2.27. The van der Waals surface area contributed by atoms with E-state index in [-0.39, 0.29) is 5.41 Å². The lowest BCUT2D eigenvalue weighted by molar-refractivity contribution is 0.118. The van der Waals surface area contributed by atoms with E-state index in [0.717, 1.165) is 36.9 Å². The van der Waals surface area contributed by atoms with E-state index in [4.69, 9.17) is 11.7 Å². The van der Waals surface area contributed by atoms with Crippen molar-refractivity contribution in [3.63, 3.8) is 0 Å². The number of rotatable bonds is 4. The maximum atomic E-state index is 9.10. The minimum absolute atomic E-state index is 0.222. The van der Waals surface area contributed by atoms with Gasteiger partial charge in [0, 0.05) is 23.7 Å². The molecule has 0 atom stereocenters. The van der Waals surface area contributed by atoms with Crippen LogP contribution in [0.1, 0.15) is 51.5 Å². The van der Waals surface area contributed by atoms with Crippen LogP contribution in [0.5, 0.6) is 0 Å². The van der Waals surface area contributed by atoms with Crippen LogP contribution in [0.15, 0.2) is 24.3 Å². The van der Waals surface area contributed by atoms with Crippen LogP contribution in [0.4, 0.5) is 5.69 Å². The van der Waals surface area contributed by atoms with E-state index >= 15 is 0 Å². The molecule has 110 valence electrons. The third-order valence-corrected chi connectivity index (χ3v) is 5.06. The summed E-state index contributed by atoms with van der Waals surface area (Å²) in [5.74, 6) is 3.21. The van der Waals surface area contributed by atoms with Crippen molar-refractivity contribution in [2.75, 3.05) is 5.32 Å². The number of nitriles is 1. The van der Waals surface area contributed by atoms with Crippen molar-refractivity contribution in [3.8, 4) is 18.4 Å². The molecule has 0 amide bonds. The molecule has 0 aliphatic heterocycles. The van der Waals surface area contributed by atoms with Crippen LogP contribution in [0.2, 0.25) is 0 Å². The van der Waals surface area contributed by atoms with E-state index < -0.39 is 0 Å². The lowest BCUT2D eigenvalue weighted by atomic mass is 9.64. The molecule has 1 aliphatic rings. The SMILES string of the molecule is C#Cc1ccc(NC2CCC(CC#N)(C(C)C)CC2)cc1. The molecule has 2 nitrogen and oxygen atoms in total. The Hall–Kier alpha value is -1.93. The predicted molar refractivity (Wildman–Crippen MR) is 87.8 cm³/mol. The maximum absolute atomic E-state index is 9.10. The van der Waals surface area contributed by atoms with E-state index in [2.05, 4.69) is 43.3 Å². The van der Waals surface area contributed by atoms with E-state index in [1.807, 2.05) is 12.1 Å². The molecule has 1 aromatic carbocycles. The number of hydrogen-bond acceptors (Lipinski definition) is 2. The molecule has 2 rings (SSSR count). The molecule has 0 heterocycles. The van der Waals surface area contributed by atoms with Crippen molar-refractivity contribution >= 4 is 5.69 Å². The van der Waals surface area contributed by atoms with Gasteiger partial charge >= 0.3 is 0 Å². The van der Waals surface area contributed by atoms with E-state index in [1.54, 1.807) is 0 Å². The fourth-order valence-electron chi connectivity index (χ4n) is 3.35. The molecule has 0 radical (unpaired) electrons. The summed E-state index contributed by atoms with van der Waals surface area (Å²) in [6.07, 6.45) is 10.6. The molecular formula is C19H24N2. The highest BCUT2D eigenvalue weighted by atomic mass is 14.9. The van der Waals surface area contributed by atoms with Gasteiger partial charge in [-0.3, -0.25) is 0 Å². The molecular weight excluding hydrogens is 256 g/mol. The fraction of sp³-hybridized carbons (Fsp3) is 0.526. The molecule has 1 saturated carbocycles. The minimum atomic E-state index is 0.222.